The lowest BCUT2D eigenvalue weighted by Gasteiger charge is -2.01. The van der Waals surface area contributed by atoms with E-state index in [1.54, 1.807) is 6.07 Å². The van der Waals surface area contributed by atoms with Crippen molar-refractivity contribution in [2.75, 3.05) is 0 Å². The van der Waals surface area contributed by atoms with Crippen LogP contribution in [0.3, 0.4) is 0 Å². The molecule has 3 rings (SSSR count). The number of imidazole rings is 1. The molecule has 0 aliphatic rings. The average molecular weight is 241 g/mol. The minimum Gasteiger partial charge on any atom is -0.301 e. The van der Waals surface area contributed by atoms with Crippen LogP contribution in [0.15, 0.2) is 36.5 Å². The summed E-state index contributed by atoms with van der Waals surface area (Å²) in [7, 11) is 0. The van der Waals surface area contributed by atoms with Gasteiger partial charge in [-0.2, -0.15) is 0 Å². The number of rotatable bonds is 1. The molecule has 0 aliphatic heterocycles. The Hall–Kier alpha value is -2.23. The standard InChI is InChI=1S/C14H12FN3/c1-9-4-3-5-13-17-14(10(2)18(9)13)12-7-6-11(15)8-16-12/h3-8H,1-2H3. The first-order valence-electron chi connectivity index (χ1n) is 5.73. The second-order valence-corrected chi connectivity index (χ2v) is 4.27. The van der Waals surface area contributed by atoms with E-state index in [-0.39, 0.29) is 5.82 Å². The molecule has 0 unspecified atom stereocenters. The highest BCUT2D eigenvalue weighted by atomic mass is 19.1. The highest BCUT2D eigenvalue weighted by Crippen LogP contribution is 2.23. The van der Waals surface area contributed by atoms with Gasteiger partial charge in [0.1, 0.15) is 17.2 Å². The molecule has 3 aromatic heterocycles. The van der Waals surface area contributed by atoms with Crippen molar-refractivity contribution in [2.45, 2.75) is 13.8 Å². The third kappa shape index (κ3) is 1.57. The van der Waals surface area contributed by atoms with Crippen LogP contribution in [-0.4, -0.2) is 14.4 Å². The fraction of sp³-hybridized carbons (Fsp3) is 0.143. The summed E-state index contributed by atoms with van der Waals surface area (Å²) in [4.78, 5) is 8.63. The molecule has 4 heteroatoms. The molecule has 90 valence electrons. The summed E-state index contributed by atoms with van der Waals surface area (Å²) in [5.74, 6) is -0.337. The van der Waals surface area contributed by atoms with Crippen molar-refractivity contribution in [3.05, 3.63) is 53.7 Å². The number of aryl methyl sites for hydroxylation is 2. The quantitative estimate of drug-likeness (QED) is 0.655. The third-order valence-corrected chi connectivity index (χ3v) is 3.04. The number of pyridine rings is 2. The Bertz CT molecular complexity index is 714. The van der Waals surface area contributed by atoms with Crippen LogP contribution in [0.2, 0.25) is 0 Å². The molecule has 0 aromatic carbocycles. The molecule has 0 atom stereocenters. The normalized spacial score (nSPS) is 11.1. The van der Waals surface area contributed by atoms with Gasteiger partial charge >= 0.3 is 0 Å². The van der Waals surface area contributed by atoms with Crippen molar-refractivity contribution in [3.8, 4) is 11.4 Å². The number of hydrogen-bond donors (Lipinski definition) is 0. The maximum absolute atomic E-state index is 12.9. The van der Waals surface area contributed by atoms with E-state index >= 15 is 0 Å². The third-order valence-electron chi connectivity index (χ3n) is 3.04. The minimum absolute atomic E-state index is 0.337. The Kier molecular flexibility index (Phi) is 2.37. The van der Waals surface area contributed by atoms with Crippen molar-refractivity contribution in [1.82, 2.24) is 14.4 Å². The molecule has 0 fully saturated rings. The van der Waals surface area contributed by atoms with E-state index in [1.807, 2.05) is 32.0 Å². The Labute approximate surface area is 104 Å². The molecule has 0 N–H and O–H groups in total. The second-order valence-electron chi connectivity index (χ2n) is 4.27. The van der Waals surface area contributed by atoms with Crippen molar-refractivity contribution in [3.63, 3.8) is 0 Å². The van der Waals surface area contributed by atoms with Gasteiger partial charge in [0.2, 0.25) is 0 Å². The van der Waals surface area contributed by atoms with Crippen molar-refractivity contribution >= 4 is 5.65 Å². The summed E-state index contributed by atoms with van der Waals surface area (Å²) in [5, 5.41) is 0. The number of halogens is 1. The topological polar surface area (TPSA) is 30.2 Å². The van der Waals surface area contributed by atoms with Crippen LogP contribution >= 0.6 is 0 Å². The van der Waals surface area contributed by atoms with Crippen LogP contribution in [0.1, 0.15) is 11.4 Å². The minimum atomic E-state index is -0.337. The molecule has 3 nitrogen and oxygen atoms in total. The van der Waals surface area contributed by atoms with Crippen LogP contribution in [0.25, 0.3) is 17.0 Å². The van der Waals surface area contributed by atoms with E-state index in [0.717, 1.165) is 22.7 Å². The highest BCUT2D eigenvalue weighted by Gasteiger charge is 2.12. The number of fused-ring (bicyclic) bond motifs is 1. The van der Waals surface area contributed by atoms with Crippen LogP contribution in [-0.2, 0) is 0 Å². The molecular formula is C14H12FN3. The lowest BCUT2D eigenvalue weighted by atomic mass is 10.2. The molecule has 0 bridgehead atoms. The largest absolute Gasteiger partial charge is 0.301 e. The van der Waals surface area contributed by atoms with Gasteiger partial charge in [-0.05, 0) is 38.1 Å². The summed E-state index contributed by atoms with van der Waals surface area (Å²) in [6.45, 7) is 4.02. The van der Waals surface area contributed by atoms with Crippen LogP contribution < -0.4 is 0 Å². The van der Waals surface area contributed by atoms with Gasteiger partial charge in [0.15, 0.2) is 0 Å². The van der Waals surface area contributed by atoms with E-state index in [2.05, 4.69) is 14.4 Å². The van der Waals surface area contributed by atoms with E-state index in [4.69, 9.17) is 0 Å². The van der Waals surface area contributed by atoms with E-state index < -0.39 is 0 Å². The monoisotopic (exact) mass is 241 g/mol. The van der Waals surface area contributed by atoms with Gasteiger partial charge in [0, 0.05) is 11.4 Å². The zero-order chi connectivity index (χ0) is 12.7. The fourth-order valence-corrected chi connectivity index (χ4v) is 2.19. The predicted octanol–water partition coefficient (Wildman–Crippen LogP) is 3.15. The first-order chi connectivity index (χ1) is 8.66. The first kappa shape index (κ1) is 10.9. The van der Waals surface area contributed by atoms with E-state index in [0.29, 0.717) is 5.69 Å². The molecule has 0 radical (unpaired) electrons. The average Bonchev–Trinajstić information content (AvgIpc) is 2.69. The van der Waals surface area contributed by atoms with Crippen LogP contribution in [0, 0.1) is 19.7 Å². The van der Waals surface area contributed by atoms with Gasteiger partial charge in [0.05, 0.1) is 11.9 Å². The highest BCUT2D eigenvalue weighted by molar-refractivity contribution is 5.63. The van der Waals surface area contributed by atoms with Gasteiger partial charge in [-0.1, -0.05) is 6.07 Å². The van der Waals surface area contributed by atoms with Crippen molar-refractivity contribution in [1.29, 1.82) is 0 Å². The molecule has 0 amide bonds. The molecule has 0 aliphatic carbocycles. The molecule has 3 aromatic rings. The van der Waals surface area contributed by atoms with Crippen LogP contribution in [0.4, 0.5) is 4.39 Å². The van der Waals surface area contributed by atoms with Crippen LogP contribution in [0.5, 0.6) is 0 Å². The predicted molar refractivity (Wildman–Crippen MR) is 67.9 cm³/mol. The summed E-state index contributed by atoms with van der Waals surface area (Å²) < 4.78 is 15.0. The number of aromatic nitrogens is 3. The Morgan fingerprint density at radius 3 is 2.61 bits per heavy atom. The van der Waals surface area contributed by atoms with Crippen molar-refractivity contribution in [2.24, 2.45) is 0 Å². The zero-order valence-electron chi connectivity index (χ0n) is 10.2. The van der Waals surface area contributed by atoms with Gasteiger partial charge in [-0.3, -0.25) is 4.98 Å². The molecular weight excluding hydrogens is 229 g/mol. The number of hydrogen-bond acceptors (Lipinski definition) is 2. The maximum Gasteiger partial charge on any atom is 0.141 e. The SMILES string of the molecule is Cc1cccc2nc(-c3ccc(F)cn3)c(C)n12. The van der Waals surface area contributed by atoms with Gasteiger partial charge in [-0.15, -0.1) is 0 Å². The van der Waals surface area contributed by atoms with Gasteiger partial charge in [0.25, 0.3) is 0 Å². The van der Waals surface area contributed by atoms with E-state index in [1.165, 1.54) is 12.3 Å². The first-order valence-corrected chi connectivity index (χ1v) is 5.73. The smallest absolute Gasteiger partial charge is 0.141 e. The fourth-order valence-electron chi connectivity index (χ4n) is 2.19. The maximum atomic E-state index is 12.9. The summed E-state index contributed by atoms with van der Waals surface area (Å²) in [6, 6.07) is 9.01. The zero-order valence-corrected chi connectivity index (χ0v) is 10.2. The molecule has 0 saturated heterocycles. The van der Waals surface area contributed by atoms with Gasteiger partial charge < -0.3 is 4.40 Å². The summed E-state index contributed by atoms with van der Waals surface area (Å²) in [6.07, 6.45) is 1.21. The van der Waals surface area contributed by atoms with Crippen molar-refractivity contribution < 1.29 is 4.39 Å². The molecule has 3 heterocycles. The Morgan fingerprint density at radius 1 is 1.11 bits per heavy atom. The summed E-state index contributed by atoms with van der Waals surface area (Å²) in [5.41, 5.74) is 4.50. The molecule has 0 spiro atoms. The Morgan fingerprint density at radius 2 is 1.94 bits per heavy atom. The lowest BCUT2D eigenvalue weighted by Crippen LogP contribution is -1.93. The lowest BCUT2D eigenvalue weighted by molar-refractivity contribution is 0.622. The molecule has 0 saturated carbocycles. The number of nitrogens with zero attached hydrogens (tertiary/aromatic N) is 3. The molecule has 18 heavy (non-hydrogen) atoms. The summed E-state index contributed by atoms with van der Waals surface area (Å²) >= 11 is 0. The second kappa shape index (κ2) is 3.91. The Balaban J connectivity index is 2.27. The van der Waals surface area contributed by atoms with Gasteiger partial charge in [-0.25, -0.2) is 9.37 Å². The van der Waals surface area contributed by atoms with E-state index in [9.17, 15) is 4.39 Å².